The average molecular weight is 499 g/mol. The second-order valence-electron chi connectivity index (χ2n) is 10.1. The van der Waals surface area contributed by atoms with Crippen LogP contribution in [0.25, 0.3) is 33.1 Å². The SMILES string of the molecule is Cc1cc(-c2nn(C3CCCC(O)(Cn4ncc5ccc(F)cc54)C3)c3ccc(C(N)=O)cc23)ccn1. The van der Waals surface area contributed by atoms with Crippen molar-refractivity contribution in [1.82, 2.24) is 24.5 Å². The van der Waals surface area contributed by atoms with Crippen molar-refractivity contribution in [1.29, 1.82) is 0 Å². The molecule has 6 rings (SSSR count). The Balaban J connectivity index is 1.39. The Morgan fingerprint density at radius 1 is 1.19 bits per heavy atom. The molecule has 0 aliphatic heterocycles. The van der Waals surface area contributed by atoms with E-state index in [1.54, 1.807) is 35.3 Å². The molecule has 3 N–H and O–H groups in total. The molecule has 37 heavy (non-hydrogen) atoms. The Morgan fingerprint density at radius 2 is 2.05 bits per heavy atom. The van der Waals surface area contributed by atoms with Crippen molar-refractivity contribution in [3.05, 3.63) is 78.0 Å². The summed E-state index contributed by atoms with van der Waals surface area (Å²) in [6.07, 6.45) is 6.16. The third kappa shape index (κ3) is 4.25. The summed E-state index contributed by atoms with van der Waals surface area (Å²) in [7, 11) is 0. The number of carbonyl (C=O) groups is 1. The molecule has 188 valence electrons. The summed E-state index contributed by atoms with van der Waals surface area (Å²) < 4.78 is 17.6. The number of aliphatic hydroxyl groups is 1. The Hall–Kier alpha value is -4.11. The summed E-state index contributed by atoms with van der Waals surface area (Å²) in [4.78, 5) is 16.2. The highest BCUT2D eigenvalue weighted by Crippen LogP contribution is 2.40. The predicted octanol–water partition coefficient (Wildman–Crippen LogP) is 4.54. The van der Waals surface area contributed by atoms with Crippen molar-refractivity contribution >= 4 is 27.7 Å². The molecule has 2 atom stereocenters. The van der Waals surface area contributed by atoms with Crippen LogP contribution in [-0.4, -0.2) is 41.2 Å². The van der Waals surface area contributed by atoms with Crippen LogP contribution < -0.4 is 5.73 Å². The number of hydrogen-bond donors (Lipinski definition) is 2. The fourth-order valence-corrected chi connectivity index (χ4v) is 5.59. The quantitative estimate of drug-likeness (QED) is 0.370. The Kier molecular flexibility index (Phi) is 5.52. The highest BCUT2D eigenvalue weighted by Gasteiger charge is 2.37. The first kappa shape index (κ1) is 23.3. The topological polar surface area (TPSA) is 112 Å². The number of aryl methyl sites for hydroxylation is 1. The maximum absolute atomic E-state index is 13.9. The third-order valence-electron chi connectivity index (χ3n) is 7.35. The Bertz CT molecular complexity index is 1660. The van der Waals surface area contributed by atoms with Gasteiger partial charge in [-0.1, -0.05) is 0 Å². The van der Waals surface area contributed by atoms with E-state index < -0.39 is 11.5 Å². The molecule has 0 saturated heterocycles. The number of hydrogen-bond acceptors (Lipinski definition) is 5. The smallest absolute Gasteiger partial charge is 0.248 e. The molecule has 2 aromatic carbocycles. The van der Waals surface area contributed by atoms with E-state index in [2.05, 4.69) is 10.1 Å². The van der Waals surface area contributed by atoms with E-state index in [1.807, 2.05) is 29.8 Å². The van der Waals surface area contributed by atoms with Crippen LogP contribution >= 0.6 is 0 Å². The van der Waals surface area contributed by atoms with Gasteiger partial charge in [0.2, 0.25) is 5.91 Å². The summed E-state index contributed by atoms with van der Waals surface area (Å²) in [5, 5.41) is 22.8. The normalized spacial score (nSPS) is 20.0. The zero-order valence-corrected chi connectivity index (χ0v) is 20.4. The fraction of sp³-hybridized carbons (Fsp3) is 0.286. The standard InChI is InChI=1S/C28H27FN6O2/c1-17-11-18(8-10-31-17)26-23-12-19(27(30)36)5-7-24(23)35(33-26)22-3-2-9-28(37,14-22)16-34-25-13-21(29)6-4-20(25)15-32-34/h4-8,10-13,15,22,37H,2-3,9,14,16H2,1H3,(H2,30,36). The lowest BCUT2D eigenvalue weighted by Crippen LogP contribution is -2.40. The summed E-state index contributed by atoms with van der Waals surface area (Å²) in [6, 6.07) is 13.7. The molecular weight excluding hydrogens is 471 g/mol. The number of nitrogens with zero attached hydrogens (tertiary/aromatic N) is 5. The number of fused-ring (bicyclic) bond motifs is 2. The van der Waals surface area contributed by atoms with E-state index >= 15 is 0 Å². The van der Waals surface area contributed by atoms with Crippen LogP contribution in [0.5, 0.6) is 0 Å². The molecule has 5 aromatic rings. The van der Waals surface area contributed by atoms with Gasteiger partial charge in [-0.15, -0.1) is 0 Å². The number of halogens is 1. The first-order valence-corrected chi connectivity index (χ1v) is 12.4. The lowest BCUT2D eigenvalue weighted by atomic mass is 9.81. The molecule has 3 heterocycles. The zero-order chi connectivity index (χ0) is 25.7. The van der Waals surface area contributed by atoms with E-state index in [9.17, 15) is 14.3 Å². The van der Waals surface area contributed by atoms with Crippen LogP contribution in [0, 0.1) is 12.7 Å². The van der Waals surface area contributed by atoms with Gasteiger partial charge in [-0.2, -0.15) is 10.2 Å². The van der Waals surface area contributed by atoms with Gasteiger partial charge in [0.15, 0.2) is 0 Å². The third-order valence-corrected chi connectivity index (χ3v) is 7.35. The van der Waals surface area contributed by atoms with Crippen molar-refractivity contribution in [3.8, 4) is 11.3 Å². The number of primary amides is 1. The van der Waals surface area contributed by atoms with Gasteiger partial charge in [-0.05, 0) is 74.7 Å². The molecule has 0 bridgehead atoms. The van der Waals surface area contributed by atoms with Crippen molar-refractivity contribution in [2.24, 2.45) is 5.73 Å². The molecule has 1 amide bonds. The molecular formula is C28H27FN6O2. The minimum absolute atomic E-state index is 0.0732. The van der Waals surface area contributed by atoms with Gasteiger partial charge in [0.05, 0.1) is 35.4 Å². The molecule has 8 nitrogen and oxygen atoms in total. The predicted molar refractivity (Wildman–Crippen MR) is 138 cm³/mol. The van der Waals surface area contributed by atoms with Gasteiger partial charge in [-0.25, -0.2) is 4.39 Å². The summed E-state index contributed by atoms with van der Waals surface area (Å²) in [6.45, 7) is 2.18. The molecule has 1 fully saturated rings. The van der Waals surface area contributed by atoms with Crippen LogP contribution in [0.15, 0.2) is 60.9 Å². The van der Waals surface area contributed by atoms with E-state index in [-0.39, 0.29) is 18.4 Å². The van der Waals surface area contributed by atoms with Crippen LogP contribution in [0.2, 0.25) is 0 Å². The first-order valence-electron chi connectivity index (χ1n) is 12.4. The molecule has 3 aromatic heterocycles. The second-order valence-corrected chi connectivity index (χ2v) is 10.1. The lowest BCUT2D eigenvalue weighted by Gasteiger charge is -2.37. The highest BCUT2D eigenvalue weighted by atomic mass is 19.1. The molecule has 1 saturated carbocycles. The van der Waals surface area contributed by atoms with Crippen LogP contribution in [0.1, 0.15) is 47.8 Å². The average Bonchev–Trinajstić information content (AvgIpc) is 3.44. The van der Waals surface area contributed by atoms with Gasteiger partial charge >= 0.3 is 0 Å². The van der Waals surface area contributed by atoms with Gasteiger partial charge < -0.3 is 10.8 Å². The van der Waals surface area contributed by atoms with Gasteiger partial charge in [0, 0.05) is 40.2 Å². The largest absolute Gasteiger partial charge is 0.388 e. The van der Waals surface area contributed by atoms with Gasteiger partial charge in [0.1, 0.15) is 11.5 Å². The van der Waals surface area contributed by atoms with Gasteiger partial charge in [-0.3, -0.25) is 19.1 Å². The lowest BCUT2D eigenvalue weighted by molar-refractivity contribution is -0.0301. The molecule has 0 spiro atoms. The van der Waals surface area contributed by atoms with E-state index in [4.69, 9.17) is 10.8 Å². The zero-order valence-electron chi connectivity index (χ0n) is 20.4. The van der Waals surface area contributed by atoms with Crippen molar-refractivity contribution in [3.63, 3.8) is 0 Å². The summed E-state index contributed by atoms with van der Waals surface area (Å²) in [5.74, 6) is -0.832. The van der Waals surface area contributed by atoms with Crippen LogP contribution in [-0.2, 0) is 6.54 Å². The number of aromatic nitrogens is 5. The minimum Gasteiger partial charge on any atom is -0.388 e. The van der Waals surface area contributed by atoms with E-state index in [1.165, 1.54) is 12.1 Å². The van der Waals surface area contributed by atoms with Crippen LogP contribution in [0.3, 0.4) is 0 Å². The maximum atomic E-state index is 13.9. The van der Waals surface area contributed by atoms with Crippen LogP contribution in [0.4, 0.5) is 4.39 Å². The second kappa shape index (κ2) is 8.77. The minimum atomic E-state index is -1.03. The number of pyridine rings is 1. The highest BCUT2D eigenvalue weighted by molar-refractivity contribution is 6.01. The summed E-state index contributed by atoms with van der Waals surface area (Å²) >= 11 is 0. The number of carbonyl (C=O) groups excluding carboxylic acids is 1. The summed E-state index contributed by atoms with van der Waals surface area (Å²) in [5.41, 5.74) is 8.99. The Morgan fingerprint density at radius 3 is 2.86 bits per heavy atom. The van der Waals surface area contributed by atoms with Crippen molar-refractivity contribution in [2.45, 2.75) is 50.8 Å². The number of nitrogens with two attached hydrogens (primary N) is 1. The number of benzene rings is 2. The monoisotopic (exact) mass is 498 g/mol. The molecule has 1 aliphatic carbocycles. The molecule has 9 heteroatoms. The molecule has 0 radical (unpaired) electrons. The van der Waals surface area contributed by atoms with Crippen molar-refractivity contribution < 1.29 is 14.3 Å². The molecule has 2 unspecified atom stereocenters. The van der Waals surface area contributed by atoms with Gasteiger partial charge in [0.25, 0.3) is 0 Å². The van der Waals surface area contributed by atoms with E-state index in [0.717, 1.165) is 46.1 Å². The first-order chi connectivity index (χ1) is 17.8. The number of amides is 1. The van der Waals surface area contributed by atoms with E-state index in [0.29, 0.717) is 23.9 Å². The fourth-order valence-electron chi connectivity index (χ4n) is 5.59. The van der Waals surface area contributed by atoms with Crippen molar-refractivity contribution in [2.75, 3.05) is 0 Å². The Labute approximate surface area is 212 Å². The maximum Gasteiger partial charge on any atom is 0.248 e. The number of rotatable bonds is 5. The molecule has 1 aliphatic rings.